The quantitative estimate of drug-likeness (QED) is 0.396. The van der Waals surface area contributed by atoms with Crippen LogP contribution in [0.2, 0.25) is 5.02 Å². The lowest BCUT2D eigenvalue weighted by atomic mass is 10.1. The standard InChI is InChI=1S/C24H17ClN2O4/c25-20-8-4-16(5-9-20)15-31-22-3-1-2-17(13-22)12-19(14-26)23(28)27-21-10-6-18(7-11-21)24(29)30/h1-13H,15H2,(H,27,28)(H,29,30)/b19-12+. The maximum Gasteiger partial charge on any atom is 0.335 e. The minimum Gasteiger partial charge on any atom is -0.489 e. The minimum absolute atomic E-state index is 0.0998. The predicted molar refractivity (Wildman–Crippen MR) is 118 cm³/mol. The summed E-state index contributed by atoms with van der Waals surface area (Å²) in [6.45, 7) is 0.349. The van der Waals surface area contributed by atoms with Crippen LogP contribution < -0.4 is 10.1 Å². The van der Waals surface area contributed by atoms with E-state index in [1.807, 2.05) is 18.2 Å². The van der Waals surface area contributed by atoms with E-state index in [4.69, 9.17) is 21.4 Å². The van der Waals surface area contributed by atoms with Crippen molar-refractivity contribution in [2.24, 2.45) is 0 Å². The van der Waals surface area contributed by atoms with Gasteiger partial charge in [0.2, 0.25) is 0 Å². The Morgan fingerprint density at radius 3 is 2.42 bits per heavy atom. The van der Waals surface area contributed by atoms with E-state index >= 15 is 0 Å². The van der Waals surface area contributed by atoms with E-state index in [2.05, 4.69) is 5.32 Å². The van der Waals surface area contributed by atoms with Gasteiger partial charge in [0.05, 0.1) is 5.56 Å². The summed E-state index contributed by atoms with van der Waals surface area (Å²) in [5.41, 5.74) is 1.97. The molecule has 3 rings (SSSR count). The molecule has 3 aromatic rings. The Hall–Kier alpha value is -4.08. The van der Waals surface area contributed by atoms with Gasteiger partial charge in [-0.05, 0) is 65.7 Å². The Morgan fingerprint density at radius 2 is 1.77 bits per heavy atom. The average Bonchev–Trinajstić information content (AvgIpc) is 2.77. The fourth-order valence-electron chi connectivity index (χ4n) is 2.65. The molecule has 0 aliphatic heterocycles. The molecule has 0 saturated carbocycles. The van der Waals surface area contributed by atoms with Gasteiger partial charge in [-0.1, -0.05) is 35.9 Å². The molecule has 0 radical (unpaired) electrons. The molecule has 31 heavy (non-hydrogen) atoms. The van der Waals surface area contributed by atoms with Crippen molar-refractivity contribution in [3.63, 3.8) is 0 Å². The first-order chi connectivity index (χ1) is 14.9. The third-order valence-corrected chi connectivity index (χ3v) is 4.49. The van der Waals surface area contributed by atoms with E-state index in [9.17, 15) is 14.9 Å². The molecule has 0 spiro atoms. The summed E-state index contributed by atoms with van der Waals surface area (Å²) in [6, 6.07) is 21.9. The van der Waals surface area contributed by atoms with Gasteiger partial charge in [-0.2, -0.15) is 5.26 Å². The number of carbonyl (C=O) groups excluding carboxylic acids is 1. The molecule has 0 aliphatic carbocycles. The second kappa shape index (κ2) is 10.1. The van der Waals surface area contributed by atoms with Crippen LogP contribution >= 0.6 is 11.6 Å². The monoisotopic (exact) mass is 432 g/mol. The van der Waals surface area contributed by atoms with Gasteiger partial charge < -0.3 is 15.2 Å². The Kier molecular flexibility index (Phi) is 7.05. The molecule has 6 nitrogen and oxygen atoms in total. The Balaban J connectivity index is 1.68. The molecule has 0 unspecified atom stereocenters. The molecule has 3 aromatic carbocycles. The largest absolute Gasteiger partial charge is 0.489 e. The van der Waals surface area contributed by atoms with Crippen molar-refractivity contribution >= 4 is 35.2 Å². The number of hydrogen-bond acceptors (Lipinski definition) is 4. The summed E-state index contributed by atoms with van der Waals surface area (Å²) >= 11 is 5.88. The number of nitrogens with one attached hydrogen (secondary N) is 1. The SMILES string of the molecule is N#C/C(=C\c1cccc(OCc2ccc(Cl)cc2)c1)C(=O)Nc1ccc(C(=O)O)cc1. The first-order valence-corrected chi connectivity index (χ1v) is 9.56. The fourth-order valence-corrected chi connectivity index (χ4v) is 2.78. The molecule has 7 heteroatoms. The van der Waals surface area contributed by atoms with Crippen molar-refractivity contribution in [1.29, 1.82) is 5.26 Å². The van der Waals surface area contributed by atoms with E-state index in [0.29, 0.717) is 28.6 Å². The van der Waals surface area contributed by atoms with Crippen LogP contribution in [0.25, 0.3) is 6.08 Å². The summed E-state index contributed by atoms with van der Waals surface area (Å²) in [7, 11) is 0. The summed E-state index contributed by atoms with van der Waals surface area (Å²) in [6.07, 6.45) is 1.45. The van der Waals surface area contributed by atoms with Gasteiger partial charge in [-0.15, -0.1) is 0 Å². The smallest absolute Gasteiger partial charge is 0.335 e. The number of nitriles is 1. The highest BCUT2D eigenvalue weighted by Crippen LogP contribution is 2.19. The third kappa shape index (κ3) is 6.20. The number of halogens is 1. The lowest BCUT2D eigenvalue weighted by molar-refractivity contribution is -0.112. The van der Waals surface area contributed by atoms with E-state index in [1.165, 1.54) is 30.3 Å². The number of nitrogens with zero attached hydrogens (tertiary/aromatic N) is 1. The number of anilines is 1. The summed E-state index contributed by atoms with van der Waals surface area (Å²) in [5.74, 6) is -1.07. The van der Waals surface area contributed by atoms with Crippen LogP contribution in [0.4, 0.5) is 5.69 Å². The van der Waals surface area contributed by atoms with Crippen LogP contribution in [-0.4, -0.2) is 17.0 Å². The van der Waals surface area contributed by atoms with Crippen molar-refractivity contribution in [2.45, 2.75) is 6.61 Å². The molecule has 1 amide bonds. The molecule has 2 N–H and O–H groups in total. The number of carboxylic acid groups (broad SMARTS) is 1. The molecule has 0 aromatic heterocycles. The molecule has 0 bridgehead atoms. The van der Waals surface area contributed by atoms with Gasteiger partial charge in [-0.25, -0.2) is 4.79 Å². The van der Waals surface area contributed by atoms with Crippen molar-refractivity contribution in [3.8, 4) is 11.8 Å². The zero-order valence-electron chi connectivity index (χ0n) is 16.2. The number of amides is 1. The first-order valence-electron chi connectivity index (χ1n) is 9.18. The highest BCUT2D eigenvalue weighted by Gasteiger charge is 2.11. The van der Waals surface area contributed by atoms with Crippen molar-refractivity contribution in [1.82, 2.24) is 0 Å². The number of rotatable bonds is 7. The Morgan fingerprint density at radius 1 is 1.06 bits per heavy atom. The molecule has 0 saturated heterocycles. The first kappa shape index (κ1) is 21.6. The average molecular weight is 433 g/mol. The predicted octanol–water partition coefficient (Wildman–Crippen LogP) is 5.16. The maximum atomic E-state index is 12.4. The molecule has 0 fully saturated rings. The molecular weight excluding hydrogens is 416 g/mol. The lowest BCUT2D eigenvalue weighted by Gasteiger charge is -2.08. The molecule has 0 heterocycles. The van der Waals surface area contributed by atoms with E-state index in [1.54, 1.807) is 36.4 Å². The topological polar surface area (TPSA) is 99.4 Å². The van der Waals surface area contributed by atoms with Crippen LogP contribution in [0.15, 0.2) is 78.4 Å². The zero-order chi connectivity index (χ0) is 22.2. The number of carboxylic acids is 1. The van der Waals surface area contributed by atoms with Gasteiger partial charge >= 0.3 is 5.97 Å². The van der Waals surface area contributed by atoms with E-state index in [0.717, 1.165) is 5.56 Å². The van der Waals surface area contributed by atoms with Crippen LogP contribution in [0, 0.1) is 11.3 Å². The molecule has 0 aliphatic rings. The number of aromatic carboxylic acids is 1. The van der Waals surface area contributed by atoms with Gasteiger partial charge in [0.15, 0.2) is 0 Å². The number of carbonyl (C=O) groups is 2. The van der Waals surface area contributed by atoms with E-state index < -0.39 is 11.9 Å². The number of hydrogen-bond donors (Lipinski definition) is 2. The highest BCUT2D eigenvalue weighted by atomic mass is 35.5. The van der Waals surface area contributed by atoms with Crippen LogP contribution in [0.1, 0.15) is 21.5 Å². The second-order valence-corrected chi connectivity index (χ2v) is 6.93. The zero-order valence-corrected chi connectivity index (χ0v) is 17.0. The van der Waals surface area contributed by atoms with E-state index in [-0.39, 0.29) is 11.1 Å². The van der Waals surface area contributed by atoms with Crippen molar-refractivity contribution in [2.75, 3.05) is 5.32 Å². The summed E-state index contributed by atoms with van der Waals surface area (Å²) < 4.78 is 5.77. The van der Waals surface area contributed by atoms with Gasteiger partial charge in [0.1, 0.15) is 24.0 Å². The van der Waals surface area contributed by atoms with Gasteiger partial charge in [0.25, 0.3) is 5.91 Å². The lowest BCUT2D eigenvalue weighted by Crippen LogP contribution is -2.13. The summed E-state index contributed by atoms with van der Waals surface area (Å²) in [5, 5.41) is 21.6. The van der Waals surface area contributed by atoms with Gasteiger partial charge in [-0.3, -0.25) is 4.79 Å². The van der Waals surface area contributed by atoms with Crippen LogP contribution in [-0.2, 0) is 11.4 Å². The second-order valence-electron chi connectivity index (χ2n) is 6.49. The van der Waals surface area contributed by atoms with Crippen molar-refractivity contribution < 1.29 is 19.4 Å². The minimum atomic E-state index is -1.06. The van der Waals surface area contributed by atoms with Crippen LogP contribution in [0.5, 0.6) is 5.75 Å². The number of benzene rings is 3. The fraction of sp³-hybridized carbons (Fsp3) is 0.0417. The number of ether oxygens (including phenoxy) is 1. The highest BCUT2D eigenvalue weighted by molar-refractivity contribution is 6.30. The summed E-state index contributed by atoms with van der Waals surface area (Å²) in [4.78, 5) is 23.3. The van der Waals surface area contributed by atoms with Gasteiger partial charge in [0, 0.05) is 10.7 Å². The molecule has 154 valence electrons. The molecule has 0 atom stereocenters. The molecular formula is C24H17ClN2O4. The van der Waals surface area contributed by atoms with Crippen LogP contribution in [0.3, 0.4) is 0 Å². The Bertz CT molecular complexity index is 1160. The Labute approximate surface area is 184 Å². The maximum absolute atomic E-state index is 12.4. The normalized spacial score (nSPS) is 10.8. The third-order valence-electron chi connectivity index (χ3n) is 4.24. The van der Waals surface area contributed by atoms with Crippen molar-refractivity contribution in [3.05, 3.63) is 100 Å².